The van der Waals surface area contributed by atoms with E-state index in [-0.39, 0.29) is 38.0 Å². The largest absolute Gasteiger partial charge is 0.497 e. The van der Waals surface area contributed by atoms with Gasteiger partial charge in [0.15, 0.2) is 5.60 Å². The van der Waals surface area contributed by atoms with Crippen LogP contribution in [-0.4, -0.2) is 53.2 Å². The van der Waals surface area contributed by atoms with Crippen LogP contribution in [0.3, 0.4) is 0 Å². The molecule has 1 amide bonds. The van der Waals surface area contributed by atoms with Gasteiger partial charge >= 0.3 is 0 Å². The molecule has 2 aromatic carbocycles. The van der Waals surface area contributed by atoms with Crippen LogP contribution in [-0.2, 0) is 27.5 Å². The molecule has 8 heteroatoms. The van der Waals surface area contributed by atoms with Gasteiger partial charge in [0.05, 0.1) is 44.2 Å². The maximum absolute atomic E-state index is 13.3. The number of nitrogens with one attached hydrogen (secondary N) is 1. The summed E-state index contributed by atoms with van der Waals surface area (Å²) < 4.78 is 17.4. The number of nitriles is 1. The summed E-state index contributed by atoms with van der Waals surface area (Å²) in [6, 6.07) is 16.2. The topological polar surface area (TPSA) is 121 Å². The van der Waals surface area contributed by atoms with Gasteiger partial charge in [0, 0.05) is 18.9 Å². The van der Waals surface area contributed by atoms with Gasteiger partial charge in [-0.2, -0.15) is 5.26 Å². The molecule has 1 saturated carbocycles. The van der Waals surface area contributed by atoms with Crippen molar-refractivity contribution in [3.8, 4) is 11.8 Å². The monoisotopic (exact) mass is 468 g/mol. The van der Waals surface area contributed by atoms with Crippen LogP contribution in [0.25, 0.3) is 0 Å². The first-order valence-electron chi connectivity index (χ1n) is 11.3. The summed E-state index contributed by atoms with van der Waals surface area (Å²) in [5.41, 5.74) is 0.765. The maximum Gasteiger partial charge on any atom is 0.252 e. The zero-order chi connectivity index (χ0) is 24.7. The molecule has 3 rings (SSSR count). The Hall–Kier alpha value is -2.96. The smallest absolute Gasteiger partial charge is 0.252 e. The van der Waals surface area contributed by atoms with Crippen LogP contribution in [0.4, 0.5) is 0 Å². The maximum atomic E-state index is 13.3. The van der Waals surface area contributed by atoms with Crippen LogP contribution < -0.4 is 10.1 Å². The molecule has 1 fully saturated rings. The molecule has 0 heterocycles. The number of aliphatic hydroxyl groups is 2. The van der Waals surface area contributed by atoms with Gasteiger partial charge in [-0.25, -0.2) is 0 Å². The molecule has 3 N–H and O–H groups in total. The van der Waals surface area contributed by atoms with Gasteiger partial charge < -0.3 is 29.7 Å². The Bertz CT molecular complexity index is 1000. The minimum Gasteiger partial charge on any atom is -0.497 e. The summed E-state index contributed by atoms with van der Waals surface area (Å²) in [6.07, 6.45) is -3.19. The lowest BCUT2D eigenvalue weighted by Gasteiger charge is -2.44. The molecule has 1 aliphatic carbocycles. The first-order valence-corrected chi connectivity index (χ1v) is 11.3. The number of aliphatic hydroxyl groups excluding tert-OH is 2. The molecule has 0 bridgehead atoms. The highest BCUT2D eigenvalue weighted by Crippen LogP contribution is 2.36. The second kappa shape index (κ2) is 11.4. The molecule has 0 spiro atoms. The highest BCUT2D eigenvalue weighted by molar-refractivity contribution is 5.85. The number of hydrogen-bond donors (Lipinski definition) is 3. The first kappa shape index (κ1) is 25.7. The summed E-state index contributed by atoms with van der Waals surface area (Å²) in [5, 5.41) is 33.1. The fourth-order valence-electron chi connectivity index (χ4n) is 4.02. The number of benzene rings is 2. The molecule has 0 aliphatic heterocycles. The summed E-state index contributed by atoms with van der Waals surface area (Å²) in [4.78, 5) is 13.3. The van der Waals surface area contributed by atoms with E-state index in [2.05, 4.69) is 11.4 Å². The Labute approximate surface area is 200 Å². The van der Waals surface area contributed by atoms with Gasteiger partial charge in [-0.15, -0.1) is 0 Å². The average Bonchev–Trinajstić information content (AvgIpc) is 2.84. The molecule has 1 aliphatic rings. The minimum absolute atomic E-state index is 0.0621. The molecule has 34 heavy (non-hydrogen) atoms. The number of amides is 1. The SMILES string of the molecule is COc1cccc(CO[C@]2(C(=O)NC(C)C)CC(OCc3ccc(C#N)cc3)[C@H](O)[C@H](O)C2)c1. The first-order chi connectivity index (χ1) is 16.3. The minimum atomic E-state index is -1.39. The van der Waals surface area contributed by atoms with Crippen molar-refractivity contribution in [2.45, 2.75) is 69.9 Å². The van der Waals surface area contributed by atoms with Crippen molar-refractivity contribution in [3.63, 3.8) is 0 Å². The van der Waals surface area contributed by atoms with E-state index >= 15 is 0 Å². The van der Waals surface area contributed by atoms with Crippen LogP contribution in [0.1, 0.15) is 43.4 Å². The van der Waals surface area contributed by atoms with E-state index in [1.165, 1.54) is 0 Å². The highest BCUT2D eigenvalue weighted by atomic mass is 16.5. The zero-order valence-electron chi connectivity index (χ0n) is 19.7. The van der Waals surface area contributed by atoms with Crippen molar-refractivity contribution in [1.29, 1.82) is 5.26 Å². The van der Waals surface area contributed by atoms with Crippen molar-refractivity contribution in [1.82, 2.24) is 5.32 Å². The second-order valence-electron chi connectivity index (χ2n) is 8.89. The Kier molecular flexibility index (Phi) is 8.64. The zero-order valence-corrected chi connectivity index (χ0v) is 19.7. The lowest BCUT2D eigenvalue weighted by atomic mass is 9.78. The molecule has 2 aromatic rings. The van der Waals surface area contributed by atoms with Crippen LogP contribution in [0.2, 0.25) is 0 Å². The van der Waals surface area contributed by atoms with Crippen molar-refractivity contribution in [3.05, 3.63) is 65.2 Å². The van der Waals surface area contributed by atoms with Crippen LogP contribution >= 0.6 is 0 Å². The van der Waals surface area contributed by atoms with Gasteiger partial charge in [-0.1, -0.05) is 24.3 Å². The predicted molar refractivity (Wildman–Crippen MR) is 125 cm³/mol. The predicted octanol–water partition coefficient (Wildman–Crippen LogP) is 2.45. The summed E-state index contributed by atoms with van der Waals surface area (Å²) in [5.74, 6) is 0.313. The van der Waals surface area contributed by atoms with Crippen LogP contribution in [0, 0.1) is 11.3 Å². The van der Waals surface area contributed by atoms with Gasteiger partial charge in [-0.05, 0) is 49.2 Å². The third-order valence-corrected chi connectivity index (χ3v) is 5.87. The second-order valence-corrected chi connectivity index (χ2v) is 8.89. The van der Waals surface area contributed by atoms with Crippen LogP contribution in [0.5, 0.6) is 5.75 Å². The van der Waals surface area contributed by atoms with E-state index in [1.807, 2.05) is 38.1 Å². The van der Waals surface area contributed by atoms with E-state index in [1.54, 1.807) is 31.4 Å². The fourth-order valence-corrected chi connectivity index (χ4v) is 4.02. The summed E-state index contributed by atoms with van der Waals surface area (Å²) in [6.45, 7) is 3.97. The Morgan fingerprint density at radius 2 is 1.88 bits per heavy atom. The summed E-state index contributed by atoms with van der Waals surface area (Å²) in [7, 11) is 1.58. The molecule has 0 saturated heterocycles. The van der Waals surface area contributed by atoms with Gasteiger partial charge in [0.2, 0.25) is 0 Å². The number of carbonyl (C=O) groups excluding carboxylic acids is 1. The molecule has 0 radical (unpaired) electrons. The number of methoxy groups -OCH3 is 1. The van der Waals surface area contributed by atoms with Crippen molar-refractivity contribution >= 4 is 5.91 Å². The molecule has 0 aromatic heterocycles. The molecule has 182 valence electrons. The number of nitrogens with zero attached hydrogens (tertiary/aromatic N) is 1. The van der Waals surface area contributed by atoms with Crippen molar-refractivity contribution in [2.24, 2.45) is 0 Å². The third kappa shape index (κ3) is 6.33. The lowest BCUT2D eigenvalue weighted by Crippen LogP contribution is -2.61. The van der Waals surface area contributed by atoms with E-state index in [9.17, 15) is 15.0 Å². The van der Waals surface area contributed by atoms with Gasteiger partial charge in [0.1, 0.15) is 11.9 Å². The number of ether oxygens (including phenoxy) is 3. The van der Waals surface area contributed by atoms with Crippen molar-refractivity contribution < 1.29 is 29.2 Å². The van der Waals surface area contributed by atoms with E-state index in [0.29, 0.717) is 11.3 Å². The van der Waals surface area contributed by atoms with Gasteiger partial charge in [0.25, 0.3) is 5.91 Å². The van der Waals surface area contributed by atoms with Crippen LogP contribution in [0.15, 0.2) is 48.5 Å². The third-order valence-electron chi connectivity index (χ3n) is 5.87. The molecule has 4 atom stereocenters. The number of hydrogen-bond acceptors (Lipinski definition) is 7. The summed E-state index contributed by atoms with van der Waals surface area (Å²) >= 11 is 0. The normalized spacial score (nSPS) is 24.4. The lowest BCUT2D eigenvalue weighted by molar-refractivity contribution is -0.200. The quantitative estimate of drug-likeness (QED) is 0.517. The Balaban J connectivity index is 1.79. The average molecular weight is 469 g/mol. The molecule has 1 unspecified atom stereocenters. The highest BCUT2D eigenvalue weighted by Gasteiger charge is 2.51. The fraction of sp³-hybridized carbons (Fsp3) is 0.462. The van der Waals surface area contributed by atoms with E-state index in [0.717, 1.165) is 11.1 Å². The van der Waals surface area contributed by atoms with Gasteiger partial charge in [-0.3, -0.25) is 4.79 Å². The van der Waals surface area contributed by atoms with Crippen molar-refractivity contribution in [2.75, 3.05) is 7.11 Å². The molecule has 8 nitrogen and oxygen atoms in total. The Morgan fingerprint density at radius 3 is 2.53 bits per heavy atom. The number of carbonyl (C=O) groups is 1. The Morgan fingerprint density at radius 1 is 1.15 bits per heavy atom. The van der Waals surface area contributed by atoms with E-state index in [4.69, 9.17) is 19.5 Å². The van der Waals surface area contributed by atoms with E-state index < -0.39 is 23.9 Å². The number of rotatable bonds is 9. The molecular formula is C26H32N2O6. The standard InChI is InChI=1S/C26H32N2O6/c1-17(2)28-25(31)26(34-16-20-5-4-6-21(11-20)32-3)12-22(29)24(30)23(13-26)33-15-19-9-7-18(14-27)8-10-19/h4-11,17,22-24,29-30H,12-13,15-16H2,1-3H3,(H,28,31)/t22-,23?,24-,26+/m1/s1. The molecular weight excluding hydrogens is 436 g/mol.